The summed E-state index contributed by atoms with van der Waals surface area (Å²) >= 11 is 0. The summed E-state index contributed by atoms with van der Waals surface area (Å²) in [6, 6.07) is 10.3. The van der Waals surface area contributed by atoms with Crippen LogP contribution in [0.4, 0.5) is 0 Å². The van der Waals surface area contributed by atoms with Crippen LogP contribution >= 0.6 is 0 Å². The topological polar surface area (TPSA) is 96.6 Å². The number of carbonyl (C=O) groups is 1. The van der Waals surface area contributed by atoms with E-state index in [1.807, 2.05) is 0 Å². The Bertz CT molecular complexity index is 878. The number of benzene rings is 1. The first-order valence-electron chi connectivity index (χ1n) is 7.10. The van der Waals surface area contributed by atoms with Gasteiger partial charge in [-0.3, -0.25) is 0 Å². The van der Waals surface area contributed by atoms with Crippen molar-refractivity contribution in [1.29, 1.82) is 0 Å². The van der Waals surface area contributed by atoms with Crippen LogP contribution in [0.15, 0.2) is 47.1 Å². The van der Waals surface area contributed by atoms with Crippen molar-refractivity contribution in [2.45, 2.75) is 6.61 Å². The van der Waals surface area contributed by atoms with Crippen LogP contribution in [0.1, 0.15) is 16.4 Å². The molecule has 0 aliphatic carbocycles. The van der Waals surface area contributed by atoms with Crippen molar-refractivity contribution >= 4 is 5.97 Å². The molecule has 3 aromatic rings. The van der Waals surface area contributed by atoms with Gasteiger partial charge in [-0.15, -0.1) is 0 Å². The van der Waals surface area contributed by atoms with Gasteiger partial charge < -0.3 is 18.7 Å². The zero-order valence-electron chi connectivity index (χ0n) is 12.3. The van der Waals surface area contributed by atoms with Gasteiger partial charge in [0.25, 0.3) is 5.89 Å². The summed E-state index contributed by atoms with van der Waals surface area (Å²) in [7, 11) is 0. The van der Waals surface area contributed by atoms with Gasteiger partial charge in [0.05, 0.1) is 0 Å². The van der Waals surface area contributed by atoms with Crippen LogP contribution in [0.3, 0.4) is 0 Å². The van der Waals surface area contributed by atoms with Crippen molar-refractivity contribution in [2.24, 2.45) is 0 Å². The Hall–Kier alpha value is -3.42. The van der Waals surface area contributed by atoms with Gasteiger partial charge in [0, 0.05) is 11.8 Å². The number of fused-ring (bicyclic) bond motifs is 1. The summed E-state index contributed by atoms with van der Waals surface area (Å²) in [4.78, 5) is 19.9. The van der Waals surface area contributed by atoms with Gasteiger partial charge >= 0.3 is 5.97 Å². The summed E-state index contributed by atoms with van der Waals surface area (Å²) in [5.74, 6) is 1.30. The predicted octanol–water partition coefficient (Wildman–Crippen LogP) is 2.22. The second-order valence-electron chi connectivity index (χ2n) is 4.87. The normalized spacial score (nSPS) is 12.2. The number of ether oxygens (including phenoxy) is 3. The SMILES string of the molecule is O=C(OCc1nc(-c2ccc3c(c2)OCO3)no1)c1ccccn1. The Morgan fingerprint density at radius 1 is 1.17 bits per heavy atom. The zero-order chi connectivity index (χ0) is 16.4. The molecule has 0 saturated heterocycles. The molecular weight excluding hydrogens is 314 g/mol. The van der Waals surface area contributed by atoms with E-state index in [-0.39, 0.29) is 25.0 Å². The van der Waals surface area contributed by atoms with E-state index in [9.17, 15) is 4.79 Å². The molecule has 120 valence electrons. The Labute approximate surface area is 136 Å². The van der Waals surface area contributed by atoms with Crippen molar-refractivity contribution in [1.82, 2.24) is 15.1 Å². The molecule has 0 fully saturated rings. The molecule has 1 aliphatic rings. The number of pyridine rings is 1. The number of hydrogen-bond acceptors (Lipinski definition) is 8. The van der Waals surface area contributed by atoms with E-state index in [1.54, 1.807) is 36.4 Å². The molecule has 3 heterocycles. The highest BCUT2D eigenvalue weighted by atomic mass is 16.7. The average Bonchev–Trinajstić information content (AvgIpc) is 3.29. The van der Waals surface area contributed by atoms with Crippen molar-refractivity contribution < 1.29 is 23.5 Å². The summed E-state index contributed by atoms with van der Waals surface area (Å²) in [5, 5.41) is 3.87. The van der Waals surface area contributed by atoms with Crippen LogP contribution < -0.4 is 9.47 Å². The molecule has 0 amide bonds. The molecule has 0 N–H and O–H groups in total. The lowest BCUT2D eigenvalue weighted by molar-refractivity contribution is 0.0423. The molecule has 0 unspecified atom stereocenters. The van der Waals surface area contributed by atoms with E-state index in [4.69, 9.17) is 18.7 Å². The molecule has 8 nitrogen and oxygen atoms in total. The second kappa shape index (κ2) is 5.99. The predicted molar refractivity (Wildman–Crippen MR) is 79.2 cm³/mol. The Morgan fingerprint density at radius 2 is 2.08 bits per heavy atom. The van der Waals surface area contributed by atoms with Gasteiger partial charge in [0.15, 0.2) is 18.1 Å². The number of carbonyl (C=O) groups excluding carboxylic acids is 1. The maximum atomic E-state index is 11.8. The minimum Gasteiger partial charge on any atom is -0.454 e. The number of nitrogens with zero attached hydrogens (tertiary/aromatic N) is 3. The van der Waals surface area contributed by atoms with E-state index >= 15 is 0 Å². The minimum absolute atomic E-state index is 0.132. The van der Waals surface area contributed by atoms with Crippen LogP contribution in [-0.2, 0) is 11.3 Å². The van der Waals surface area contributed by atoms with E-state index in [2.05, 4.69) is 15.1 Å². The Morgan fingerprint density at radius 3 is 2.96 bits per heavy atom. The maximum absolute atomic E-state index is 11.8. The molecule has 1 aromatic carbocycles. The van der Waals surface area contributed by atoms with Gasteiger partial charge in [-0.2, -0.15) is 4.98 Å². The van der Waals surface area contributed by atoms with Crippen LogP contribution in [0, 0.1) is 0 Å². The minimum atomic E-state index is -0.557. The van der Waals surface area contributed by atoms with E-state index < -0.39 is 5.97 Å². The smallest absolute Gasteiger partial charge is 0.357 e. The molecule has 0 radical (unpaired) electrons. The van der Waals surface area contributed by atoms with E-state index in [1.165, 1.54) is 6.20 Å². The molecule has 8 heteroatoms. The summed E-state index contributed by atoms with van der Waals surface area (Å²) < 4.78 is 20.8. The lowest BCUT2D eigenvalue weighted by Crippen LogP contribution is -2.07. The average molecular weight is 325 g/mol. The Kier molecular flexibility index (Phi) is 3.54. The first-order chi connectivity index (χ1) is 11.8. The summed E-state index contributed by atoms with van der Waals surface area (Å²) in [6.07, 6.45) is 1.51. The molecule has 0 saturated carbocycles. The molecular formula is C16H11N3O5. The molecule has 2 aromatic heterocycles. The molecule has 0 bridgehead atoms. The van der Waals surface area contributed by atoms with E-state index in [0.29, 0.717) is 22.9 Å². The monoisotopic (exact) mass is 325 g/mol. The standard InChI is InChI=1S/C16H11N3O5/c20-16(11-3-1-2-6-17-11)21-8-14-18-15(19-24-14)10-4-5-12-13(7-10)23-9-22-12/h1-7H,8-9H2. The molecule has 4 rings (SSSR count). The number of rotatable bonds is 4. The third-order valence-electron chi connectivity index (χ3n) is 3.30. The van der Waals surface area contributed by atoms with Crippen LogP contribution in [-0.4, -0.2) is 27.9 Å². The highest BCUT2D eigenvalue weighted by Gasteiger charge is 2.17. The van der Waals surface area contributed by atoms with Crippen LogP contribution in [0.25, 0.3) is 11.4 Å². The number of esters is 1. The lowest BCUT2D eigenvalue weighted by atomic mass is 10.2. The van der Waals surface area contributed by atoms with Gasteiger partial charge in [0.2, 0.25) is 12.6 Å². The third-order valence-corrected chi connectivity index (χ3v) is 3.30. The van der Waals surface area contributed by atoms with E-state index in [0.717, 1.165) is 0 Å². The van der Waals surface area contributed by atoms with Crippen LogP contribution in [0.5, 0.6) is 11.5 Å². The summed E-state index contributed by atoms with van der Waals surface area (Å²) in [5.41, 5.74) is 0.929. The number of hydrogen-bond donors (Lipinski definition) is 0. The molecule has 0 atom stereocenters. The van der Waals surface area contributed by atoms with Gasteiger partial charge in [0.1, 0.15) is 5.69 Å². The first-order valence-corrected chi connectivity index (χ1v) is 7.10. The fourth-order valence-electron chi connectivity index (χ4n) is 2.15. The van der Waals surface area contributed by atoms with Crippen molar-refractivity contribution in [3.63, 3.8) is 0 Å². The van der Waals surface area contributed by atoms with Gasteiger partial charge in [-0.05, 0) is 30.3 Å². The van der Waals surface area contributed by atoms with Crippen molar-refractivity contribution in [3.05, 3.63) is 54.2 Å². The quantitative estimate of drug-likeness (QED) is 0.674. The van der Waals surface area contributed by atoms with Crippen molar-refractivity contribution in [2.75, 3.05) is 6.79 Å². The van der Waals surface area contributed by atoms with Gasteiger partial charge in [-0.25, -0.2) is 9.78 Å². The molecule has 24 heavy (non-hydrogen) atoms. The highest BCUT2D eigenvalue weighted by molar-refractivity contribution is 5.86. The molecule has 1 aliphatic heterocycles. The van der Waals surface area contributed by atoms with Crippen LogP contribution in [0.2, 0.25) is 0 Å². The zero-order valence-corrected chi connectivity index (χ0v) is 12.3. The first kappa shape index (κ1) is 14.2. The fraction of sp³-hybridized carbons (Fsp3) is 0.125. The van der Waals surface area contributed by atoms with Gasteiger partial charge in [-0.1, -0.05) is 11.2 Å². The fourth-order valence-corrected chi connectivity index (χ4v) is 2.15. The second-order valence-corrected chi connectivity index (χ2v) is 4.87. The third kappa shape index (κ3) is 2.76. The summed E-state index contributed by atoms with van der Waals surface area (Å²) in [6.45, 7) is 0.0622. The largest absolute Gasteiger partial charge is 0.454 e. The number of aromatic nitrogens is 3. The Balaban J connectivity index is 1.44. The molecule has 0 spiro atoms. The lowest BCUT2D eigenvalue weighted by Gasteiger charge is -2.00. The van der Waals surface area contributed by atoms with Crippen molar-refractivity contribution in [3.8, 4) is 22.9 Å². The maximum Gasteiger partial charge on any atom is 0.357 e. The highest BCUT2D eigenvalue weighted by Crippen LogP contribution is 2.35.